The highest BCUT2D eigenvalue weighted by Gasteiger charge is 2.20. The van der Waals surface area contributed by atoms with Crippen molar-refractivity contribution in [2.45, 2.75) is 13.0 Å². The van der Waals surface area contributed by atoms with Crippen LogP contribution in [0.25, 0.3) is 21.9 Å². The van der Waals surface area contributed by atoms with Gasteiger partial charge in [-0.05, 0) is 25.1 Å². The molecule has 1 aromatic carbocycles. The van der Waals surface area contributed by atoms with E-state index in [1.165, 1.54) is 5.52 Å². The molecule has 156 valence electrons. The fraction of sp³-hybridized carbons (Fsp3) is 0.500. The van der Waals surface area contributed by atoms with Crippen molar-refractivity contribution < 1.29 is 14.3 Å². The number of amides is 1. The summed E-state index contributed by atoms with van der Waals surface area (Å²) in [6.45, 7) is 6.43. The van der Waals surface area contributed by atoms with E-state index in [1.807, 2.05) is 18.2 Å². The normalized spacial score (nSPS) is 15.4. The van der Waals surface area contributed by atoms with Gasteiger partial charge in [-0.2, -0.15) is 0 Å². The second-order valence-electron chi connectivity index (χ2n) is 7.55. The van der Waals surface area contributed by atoms with E-state index in [0.29, 0.717) is 25.4 Å². The van der Waals surface area contributed by atoms with E-state index in [-0.39, 0.29) is 5.91 Å². The van der Waals surface area contributed by atoms with Gasteiger partial charge in [0.2, 0.25) is 0 Å². The number of morpholine rings is 1. The Kier molecular flexibility index (Phi) is 6.18. The van der Waals surface area contributed by atoms with E-state index in [1.54, 1.807) is 7.11 Å². The van der Waals surface area contributed by atoms with Crippen LogP contribution in [0.4, 0.5) is 0 Å². The highest BCUT2D eigenvalue weighted by Crippen LogP contribution is 2.31. The van der Waals surface area contributed by atoms with Crippen molar-refractivity contribution in [1.29, 1.82) is 0 Å². The minimum atomic E-state index is -0.0247. The number of carbonyl (C=O) groups is 1. The largest absolute Gasteiger partial charge is 0.383 e. The zero-order valence-corrected chi connectivity index (χ0v) is 17.3. The van der Waals surface area contributed by atoms with E-state index < -0.39 is 0 Å². The monoisotopic (exact) mass is 398 g/mol. The molecule has 0 unspecified atom stereocenters. The summed E-state index contributed by atoms with van der Waals surface area (Å²) in [7, 11) is 3.74. The summed E-state index contributed by atoms with van der Waals surface area (Å²) in [6.07, 6.45) is 0.937. The fourth-order valence-corrected chi connectivity index (χ4v) is 4.19. The third-order valence-electron chi connectivity index (χ3n) is 5.75. The molecule has 3 aromatic rings. The second-order valence-corrected chi connectivity index (χ2v) is 7.55. The molecule has 1 saturated heterocycles. The van der Waals surface area contributed by atoms with Gasteiger partial charge in [-0.1, -0.05) is 18.2 Å². The minimum Gasteiger partial charge on any atom is -0.383 e. The molecule has 1 aliphatic heterocycles. The number of hydrogen-bond acceptors (Lipinski definition) is 4. The topological polar surface area (TPSA) is 60.7 Å². The number of methoxy groups -OCH3 is 1. The number of ether oxygens (including phenoxy) is 2. The number of fused-ring (bicyclic) bond motifs is 3. The number of hydrogen-bond donors (Lipinski definition) is 1. The van der Waals surface area contributed by atoms with Crippen LogP contribution in [-0.4, -0.2) is 73.1 Å². The molecule has 7 heteroatoms. The molecule has 0 radical (unpaired) electrons. The third-order valence-corrected chi connectivity index (χ3v) is 5.75. The molecule has 1 N–H and O–H groups in total. The molecule has 1 fully saturated rings. The Bertz CT molecular complexity index is 985. The van der Waals surface area contributed by atoms with Gasteiger partial charge in [0.05, 0.1) is 36.4 Å². The maximum absolute atomic E-state index is 13.0. The number of rotatable bonds is 8. The van der Waals surface area contributed by atoms with Crippen LogP contribution in [0.5, 0.6) is 0 Å². The SMILES string of the molecule is COCCn1c(C(=O)NCCCN2CCOCC2)cc2c1c1ccccc1n2C. The molecule has 0 atom stereocenters. The molecule has 1 amide bonds. The quantitative estimate of drug-likeness (QED) is 0.591. The van der Waals surface area contributed by atoms with Crippen LogP contribution >= 0.6 is 0 Å². The van der Waals surface area contributed by atoms with Crippen LogP contribution < -0.4 is 5.32 Å². The number of para-hydroxylation sites is 1. The van der Waals surface area contributed by atoms with E-state index in [2.05, 4.69) is 38.5 Å². The van der Waals surface area contributed by atoms with Crippen molar-refractivity contribution >= 4 is 27.8 Å². The first-order valence-electron chi connectivity index (χ1n) is 10.3. The van der Waals surface area contributed by atoms with Gasteiger partial charge in [0.15, 0.2) is 0 Å². The molecule has 0 saturated carbocycles. The predicted octanol–water partition coefficient (Wildman–Crippen LogP) is 2.23. The van der Waals surface area contributed by atoms with Crippen molar-refractivity contribution in [3.8, 4) is 0 Å². The number of aromatic nitrogens is 2. The zero-order chi connectivity index (χ0) is 20.2. The standard InChI is InChI=1S/C22H30N4O3/c1-24-18-7-4-3-6-17(18)21-19(24)16-20(26(21)12-13-28-2)22(27)23-8-5-9-25-10-14-29-15-11-25/h3-4,6-7,16H,5,8-15H2,1-2H3,(H,23,27). The Balaban J connectivity index is 1.52. The summed E-state index contributed by atoms with van der Waals surface area (Å²) in [5.41, 5.74) is 4.03. The van der Waals surface area contributed by atoms with Crippen LogP contribution in [0.1, 0.15) is 16.9 Å². The maximum atomic E-state index is 13.0. The molecule has 3 heterocycles. The Morgan fingerprint density at radius 3 is 2.76 bits per heavy atom. The van der Waals surface area contributed by atoms with Crippen LogP contribution in [0.2, 0.25) is 0 Å². The summed E-state index contributed by atoms with van der Waals surface area (Å²) in [5.74, 6) is -0.0247. The van der Waals surface area contributed by atoms with E-state index in [4.69, 9.17) is 9.47 Å². The first kappa shape index (κ1) is 19.9. The molecular weight excluding hydrogens is 368 g/mol. The van der Waals surface area contributed by atoms with Gasteiger partial charge in [0, 0.05) is 45.7 Å². The molecule has 1 aliphatic rings. The van der Waals surface area contributed by atoms with Gasteiger partial charge in [-0.3, -0.25) is 9.69 Å². The first-order valence-corrected chi connectivity index (χ1v) is 10.3. The van der Waals surface area contributed by atoms with E-state index in [0.717, 1.165) is 55.7 Å². The molecule has 0 bridgehead atoms. The van der Waals surface area contributed by atoms with Crippen molar-refractivity contribution in [3.05, 3.63) is 36.0 Å². The number of nitrogens with one attached hydrogen (secondary N) is 1. The molecule has 7 nitrogen and oxygen atoms in total. The maximum Gasteiger partial charge on any atom is 0.268 e. The Morgan fingerprint density at radius 1 is 1.17 bits per heavy atom. The predicted molar refractivity (Wildman–Crippen MR) is 115 cm³/mol. The van der Waals surface area contributed by atoms with Crippen molar-refractivity contribution in [1.82, 2.24) is 19.4 Å². The summed E-state index contributed by atoms with van der Waals surface area (Å²) in [6, 6.07) is 10.3. The lowest BCUT2D eigenvalue weighted by Crippen LogP contribution is -2.38. The van der Waals surface area contributed by atoms with Crippen molar-refractivity contribution in [3.63, 3.8) is 0 Å². The lowest BCUT2D eigenvalue weighted by molar-refractivity contribution is 0.0374. The van der Waals surface area contributed by atoms with Crippen molar-refractivity contribution in [2.24, 2.45) is 7.05 Å². The summed E-state index contributed by atoms with van der Waals surface area (Å²) >= 11 is 0. The van der Waals surface area contributed by atoms with Gasteiger partial charge >= 0.3 is 0 Å². The van der Waals surface area contributed by atoms with Crippen LogP contribution in [0.3, 0.4) is 0 Å². The molecular formula is C22H30N4O3. The van der Waals surface area contributed by atoms with Crippen LogP contribution in [-0.2, 0) is 23.1 Å². The summed E-state index contributed by atoms with van der Waals surface area (Å²) in [5, 5.41) is 4.27. The third kappa shape index (κ3) is 4.03. The smallest absolute Gasteiger partial charge is 0.268 e. The highest BCUT2D eigenvalue weighted by atomic mass is 16.5. The molecule has 4 rings (SSSR count). The van der Waals surface area contributed by atoms with E-state index >= 15 is 0 Å². The van der Waals surface area contributed by atoms with Crippen molar-refractivity contribution in [2.75, 3.05) is 53.1 Å². The Hall–Kier alpha value is -2.35. The zero-order valence-electron chi connectivity index (χ0n) is 17.3. The number of aryl methyl sites for hydroxylation is 1. The fourth-order valence-electron chi connectivity index (χ4n) is 4.19. The van der Waals surface area contributed by atoms with E-state index in [9.17, 15) is 4.79 Å². The average molecular weight is 399 g/mol. The van der Waals surface area contributed by atoms with Gasteiger partial charge < -0.3 is 23.9 Å². The molecule has 29 heavy (non-hydrogen) atoms. The number of benzene rings is 1. The van der Waals surface area contributed by atoms with Crippen LogP contribution in [0, 0.1) is 0 Å². The van der Waals surface area contributed by atoms with Gasteiger partial charge in [-0.15, -0.1) is 0 Å². The van der Waals surface area contributed by atoms with Gasteiger partial charge in [0.1, 0.15) is 5.69 Å². The first-order chi connectivity index (χ1) is 14.2. The molecule has 0 aliphatic carbocycles. The molecule has 2 aromatic heterocycles. The highest BCUT2D eigenvalue weighted by molar-refractivity contribution is 6.10. The Morgan fingerprint density at radius 2 is 1.97 bits per heavy atom. The second kappa shape index (κ2) is 8.98. The summed E-state index contributed by atoms with van der Waals surface area (Å²) < 4.78 is 14.9. The van der Waals surface area contributed by atoms with Gasteiger partial charge in [-0.25, -0.2) is 0 Å². The van der Waals surface area contributed by atoms with Crippen LogP contribution in [0.15, 0.2) is 30.3 Å². The Labute approximate surface area is 171 Å². The minimum absolute atomic E-state index is 0.0247. The lowest BCUT2D eigenvalue weighted by Gasteiger charge is -2.26. The summed E-state index contributed by atoms with van der Waals surface area (Å²) in [4.78, 5) is 15.4. The average Bonchev–Trinajstić information content (AvgIpc) is 3.26. The number of nitrogens with zero attached hydrogens (tertiary/aromatic N) is 3. The number of carbonyl (C=O) groups excluding carboxylic acids is 1. The van der Waals surface area contributed by atoms with Gasteiger partial charge in [0.25, 0.3) is 5.91 Å². The lowest BCUT2D eigenvalue weighted by atomic mass is 10.2. The molecule has 0 spiro atoms.